The Morgan fingerprint density at radius 1 is 1.53 bits per heavy atom. The zero-order chi connectivity index (χ0) is 10.8. The fourth-order valence-corrected chi connectivity index (χ4v) is 1.72. The van der Waals surface area contributed by atoms with Crippen LogP contribution in [0, 0.1) is 6.92 Å². The Labute approximate surface area is 89.3 Å². The maximum atomic E-state index is 11.2. The van der Waals surface area contributed by atoms with Crippen LogP contribution in [0.1, 0.15) is 15.6 Å². The average molecular weight is 224 g/mol. The molecular weight excluding hydrogens is 216 g/mol. The first-order valence-corrected chi connectivity index (χ1v) is 5.07. The molecule has 0 fully saturated rings. The van der Waals surface area contributed by atoms with Gasteiger partial charge in [-0.25, -0.2) is 4.98 Å². The minimum absolute atomic E-state index is 0.220. The van der Waals surface area contributed by atoms with Crippen molar-refractivity contribution in [3.63, 3.8) is 0 Å². The number of amides is 1. The molecular formula is C8H8N4O2S. The number of thiazole rings is 1. The number of carbonyl (C=O) groups excluding carboxylic acids is 1. The van der Waals surface area contributed by atoms with E-state index >= 15 is 0 Å². The molecule has 2 heterocycles. The molecule has 1 N–H and O–H groups in total. The molecule has 0 aromatic carbocycles. The number of hydrogen-bond acceptors (Lipinski definition) is 6. The lowest BCUT2D eigenvalue weighted by Crippen LogP contribution is -2.17. The summed E-state index contributed by atoms with van der Waals surface area (Å²) in [6.45, 7) is 1.72. The Morgan fingerprint density at radius 2 is 2.33 bits per heavy atom. The van der Waals surface area contributed by atoms with E-state index in [4.69, 9.17) is 4.52 Å². The standard InChI is InChI=1S/C8H8N4O2S/c1-4-10-7(14-12-4)5-3-15-8(11-5)6(13)9-2/h3H,1-2H3,(H,9,13). The van der Waals surface area contributed by atoms with Crippen LogP contribution < -0.4 is 5.32 Å². The highest BCUT2D eigenvalue weighted by atomic mass is 32.1. The fraction of sp³-hybridized carbons (Fsp3) is 0.250. The van der Waals surface area contributed by atoms with Crippen LogP contribution in [0.2, 0.25) is 0 Å². The van der Waals surface area contributed by atoms with Crippen LogP contribution in [0.15, 0.2) is 9.90 Å². The molecule has 0 aliphatic rings. The minimum atomic E-state index is -0.220. The number of hydrogen-bond donors (Lipinski definition) is 1. The molecule has 0 bridgehead atoms. The average Bonchev–Trinajstić information content (AvgIpc) is 2.84. The van der Waals surface area contributed by atoms with Gasteiger partial charge < -0.3 is 9.84 Å². The molecule has 0 unspecified atom stereocenters. The summed E-state index contributed by atoms with van der Waals surface area (Å²) >= 11 is 1.24. The summed E-state index contributed by atoms with van der Waals surface area (Å²) in [4.78, 5) is 19.3. The summed E-state index contributed by atoms with van der Waals surface area (Å²) in [6.07, 6.45) is 0. The molecule has 0 saturated heterocycles. The van der Waals surface area contributed by atoms with Crippen molar-refractivity contribution in [1.29, 1.82) is 0 Å². The van der Waals surface area contributed by atoms with Crippen molar-refractivity contribution in [2.45, 2.75) is 6.92 Å². The monoisotopic (exact) mass is 224 g/mol. The number of carbonyl (C=O) groups is 1. The minimum Gasteiger partial charge on any atom is -0.353 e. The van der Waals surface area contributed by atoms with Crippen LogP contribution in [0.5, 0.6) is 0 Å². The van der Waals surface area contributed by atoms with Crippen LogP contribution in [0.25, 0.3) is 11.6 Å². The molecule has 0 radical (unpaired) electrons. The maximum Gasteiger partial charge on any atom is 0.280 e. The van der Waals surface area contributed by atoms with Gasteiger partial charge in [0.2, 0.25) is 0 Å². The summed E-state index contributed by atoms with van der Waals surface area (Å²) in [6, 6.07) is 0. The third kappa shape index (κ3) is 1.86. The molecule has 2 rings (SSSR count). The number of nitrogens with zero attached hydrogens (tertiary/aromatic N) is 3. The van der Waals surface area contributed by atoms with Gasteiger partial charge in [0.1, 0.15) is 5.69 Å². The number of rotatable bonds is 2. The van der Waals surface area contributed by atoms with Gasteiger partial charge in [-0.3, -0.25) is 4.79 Å². The highest BCUT2D eigenvalue weighted by molar-refractivity contribution is 7.12. The Bertz CT molecular complexity index is 490. The Hall–Kier alpha value is -1.76. The first-order valence-electron chi connectivity index (χ1n) is 4.19. The van der Waals surface area contributed by atoms with E-state index in [9.17, 15) is 4.79 Å². The zero-order valence-corrected chi connectivity index (χ0v) is 8.96. The molecule has 0 aliphatic heterocycles. The van der Waals surface area contributed by atoms with E-state index in [1.807, 2.05) is 0 Å². The van der Waals surface area contributed by atoms with Crippen molar-refractivity contribution in [2.24, 2.45) is 0 Å². The highest BCUT2D eigenvalue weighted by Crippen LogP contribution is 2.19. The Morgan fingerprint density at radius 3 is 2.93 bits per heavy atom. The van der Waals surface area contributed by atoms with Gasteiger partial charge in [-0.2, -0.15) is 4.98 Å². The van der Waals surface area contributed by atoms with E-state index in [0.717, 1.165) is 0 Å². The number of nitrogens with one attached hydrogen (secondary N) is 1. The van der Waals surface area contributed by atoms with E-state index in [2.05, 4.69) is 20.4 Å². The third-order valence-corrected chi connectivity index (χ3v) is 2.51. The van der Waals surface area contributed by atoms with Gasteiger partial charge in [0.05, 0.1) is 0 Å². The lowest BCUT2D eigenvalue weighted by atomic mass is 10.5. The molecule has 0 spiro atoms. The van der Waals surface area contributed by atoms with Gasteiger partial charge in [-0.15, -0.1) is 11.3 Å². The van der Waals surface area contributed by atoms with Gasteiger partial charge in [-0.1, -0.05) is 5.16 Å². The van der Waals surface area contributed by atoms with Crippen molar-refractivity contribution in [1.82, 2.24) is 20.4 Å². The molecule has 0 atom stereocenters. The predicted molar refractivity (Wildman–Crippen MR) is 53.5 cm³/mol. The molecule has 6 nitrogen and oxygen atoms in total. The van der Waals surface area contributed by atoms with Gasteiger partial charge >= 0.3 is 0 Å². The van der Waals surface area contributed by atoms with Crippen molar-refractivity contribution in [2.75, 3.05) is 7.05 Å². The van der Waals surface area contributed by atoms with Crippen LogP contribution in [-0.4, -0.2) is 28.1 Å². The first-order chi connectivity index (χ1) is 7.20. The van der Waals surface area contributed by atoms with Gasteiger partial charge in [0.25, 0.3) is 11.8 Å². The summed E-state index contributed by atoms with van der Waals surface area (Å²) in [5, 5.41) is 8.22. The molecule has 7 heteroatoms. The predicted octanol–water partition coefficient (Wildman–Crippen LogP) is 0.861. The van der Waals surface area contributed by atoms with E-state index < -0.39 is 0 Å². The van der Waals surface area contributed by atoms with E-state index in [1.54, 1.807) is 19.4 Å². The van der Waals surface area contributed by atoms with Crippen molar-refractivity contribution in [3.8, 4) is 11.6 Å². The van der Waals surface area contributed by atoms with E-state index in [1.165, 1.54) is 11.3 Å². The van der Waals surface area contributed by atoms with Gasteiger partial charge in [0.15, 0.2) is 10.8 Å². The van der Waals surface area contributed by atoms with Crippen molar-refractivity contribution < 1.29 is 9.32 Å². The number of aromatic nitrogens is 3. The van der Waals surface area contributed by atoms with Gasteiger partial charge in [0, 0.05) is 12.4 Å². The molecule has 2 aromatic heterocycles. The molecule has 78 valence electrons. The molecule has 2 aromatic rings. The quantitative estimate of drug-likeness (QED) is 0.818. The van der Waals surface area contributed by atoms with Crippen LogP contribution >= 0.6 is 11.3 Å². The van der Waals surface area contributed by atoms with Crippen molar-refractivity contribution >= 4 is 17.2 Å². The molecule has 0 aliphatic carbocycles. The van der Waals surface area contributed by atoms with E-state index in [-0.39, 0.29) is 5.91 Å². The molecule has 0 saturated carbocycles. The Kier molecular flexibility index (Phi) is 2.46. The normalized spacial score (nSPS) is 10.3. The van der Waals surface area contributed by atoms with Crippen LogP contribution in [-0.2, 0) is 0 Å². The second-order valence-electron chi connectivity index (χ2n) is 2.76. The molecule has 1 amide bonds. The smallest absolute Gasteiger partial charge is 0.280 e. The lowest BCUT2D eigenvalue weighted by Gasteiger charge is -1.90. The van der Waals surface area contributed by atoms with Crippen molar-refractivity contribution in [3.05, 3.63) is 16.2 Å². The lowest BCUT2D eigenvalue weighted by molar-refractivity contribution is 0.0963. The summed E-state index contributed by atoms with van der Waals surface area (Å²) in [5.41, 5.74) is 0.527. The first kappa shape index (κ1) is 9.78. The largest absolute Gasteiger partial charge is 0.353 e. The summed E-state index contributed by atoms with van der Waals surface area (Å²) in [7, 11) is 1.56. The second kappa shape index (κ2) is 3.77. The summed E-state index contributed by atoms with van der Waals surface area (Å²) < 4.78 is 4.93. The summed E-state index contributed by atoms with van der Waals surface area (Å²) in [5.74, 6) is 0.654. The second-order valence-corrected chi connectivity index (χ2v) is 3.62. The van der Waals surface area contributed by atoms with E-state index in [0.29, 0.717) is 22.4 Å². The SMILES string of the molecule is CNC(=O)c1nc(-c2nc(C)no2)cs1. The zero-order valence-electron chi connectivity index (χ0n) is 8.14. The van der Waals surface area contributed by atoms with Gasteiger partial charge in [-0.05, 0) is 6.92 Å². The maximum absolute atomic E-state index is 11.2. The van der Waals surface area contributed by atoms with Crippen LogP contribution in [0.4, 0.5) is 0 Å². The number of aryl methyl sites for hydroxylation is 1. The topological polar surface area (TPSA) is 80.9 Å². The van der Waals surface area contributed by atoms with Crippen LogP contribution in [0.3, 0.4) is 0 Å². The third-order valence-electron chi connectivity index (χ3n) is 1.67. The fourth-order valence-electron chi connectivity index (χ4n) is 0.984. The highest BCUT2D eigenvalue weighted by Gasteiger charge is 2.14. The Balaban J connectivity index is 2.31. The molecule has 15 heavy (non-hydrogen) atoms.